The van der Waals surface area contributed by atoms with Crippen LogP contribution in [0.2, 0.25) is 0 Å². The Morgan fingerprint density at radius 3 is 2.92 bits per heavy atom. The SMILES string of the molecule is C/C=C/COc1ccc(Br)c(F)c1. The number of benzene rings is 1. The summed E-state index contributed by atoms with van der Waals surface area (Å²) in [7, 11) is 0. The van der Waals surface area contributed by atoms with Gasteiger partial charge >= 0.3 is 0 Å². The van der Waals surface area contributed by atoms with Crippen LogP contribution in [0.4, 0.5) is 4.39 Å². The van der Waals surface area contributed by atoms with Crippen LogP contribution < -0.4 is 4.74 Å². The number of allylic oxidation sites excluding steroid dienone is 1. The molecule has 0 bridgehead atoms. The molecule has 1 nitrogen and oxygen atoms in total. The molecule has 0 fully saturated rings. The second kappa shape index (κ2) is 5.02. The molecule has 1 rings (SSSR count). The summed E-state index contributed by atoms with van der Waals surface area (Å²) in [6, 6.07) is 4.70. The Morgan fingerprint density at radius 2 is 2.31 bits per heavy atom. The van der Waals surface area contributed by atoms with Crippen molar-refractivity contribution >= 4 is 15.9 Å². The highest BCUT2D eigenvalue weighted by Gasteiger charge is 1.99. The first-order valence-corrected chi connectivity index (χ1v) is 4.72. The minimum absolute atomic E-state index is 0.307. The predicted molar refractivity (Wildman–Crippen MR) is 54.4 cm³/mol. The molecule has 0 aliphatic carbocycles. The molecule has 0 saturated carbocycles. The lowest BCUT2D eigenvalue weighted by Crippen LogP contribution is -1.93. The fraction of sp³-hybridized carbons (Fsp3) is 0.200. The van der Waals surface area contributed by atoms with Gasteiger partial charge < -0.3 is 4.74 Å². The Kier molecular flexibility index (Phi) is 3.96. The largest absolute Gasteiger partial charge is 0.489 e. The molecule has 70 valence electrons. The number of hydrogen-bond donors (Lipinski definition) is 0. The molecule has 0 atom stereocenters. The van der Waals surface area contributed by atoms with Gasteiger partial charge in [-0.25, -0.2) is 4.39 Å². The number of rotatable bonds is 3. The van der Waals surface area contributed by atoms with Crippen LogP contribution in [-0.2, 0) is 0 Å². The summed E-state index contributed by atoms with van der Waals surface area (Å²) < 4.78 is 18.6. The van der Waals surface area contributed by atoms with Crippen LogP contribution in [-0.4, -0.2) is 6.61 Å². The van der Waals surface area contributed by atoms with Gasteiger partial charge in [0.05, 0.1) is 4.47 Å². The standard InChI is InChI=1S/C10H10BrFO/c1-2-3-6-13-8-4-5-9(11)10(12)7-8/h2-5,7H,6H2,1H3/b3-2+. The first kappa shape index (κ1) is 10.3. The summed E-state index contributed by atoms with van der Waals surface area (Å²) >= 11 is 3.07. The molecule has 0 spiro atoms. The summed E-state index contributed by atoms with van der Waals surface area (Å²) in [5, 5.41) is 0. The van der Waals surface area contributed by atoms with Crippen molar-refractivity contribution in [1.82, 2.24) is 0 Å². The lowest BCUT2D eigenvalue weighted by Gasteiger charge is -2.03. The third-order valence-electron chi connectivity index (χ3n) is 1.47. The Labute approximate surface area is 85.3 Å². The van der Waals surface area contributed by atoms with Gasteiger partial charge in [0, 0.05) is 6.07 Å². The smallest absolute Gasteiger partial charge is 0.141 e. The minimum atomic E-state index is -0.307. The van der Waals surface area contributed by atoms with E-state index < -0.39 is 0 Å². The van der Waals surface area contributed by atoms with E-state index in [0.29, 0.717) is 16.8 Å². The Hall–Kier alpha value is -0.830. The van der Waals surface area contributed by atoms with Crippen LogP contribution >= 0.6 is 15.9 Å². The Bertz CT molecular complexity index is 310. The Balaban J connectivity index is 2.63. The van der Waals surface area contributed by atoms with Crippen LogP contribution in [0.3, 0.4) is 0 Å². The molecule has 0 radical (unpaired) electrons. The van der Waals surface area contributed by atoms with Crippen molar-refractivity contribution in [3.63, 3.8) is 0 Å². The van der Waals surface area contributed by atoms with Crippen LogP contribution in [0.1, 0.15) is 6.92 Å². The van der Waals surface area contributed by atoms with Gasteiger partial charge in [-0.15, -0.1) is 0 Å². The molecule has 0 aromatic heterocycles. The topological polar surface area (TPSA) is 9.23 Å². The summed E-state index contributed by atoms with van der Waals surface area (Å²) in [6.45, 7) is 2.38. The first-order valence-electron chi connectivity index (χ1n) is 3.93. The fourth-order valence-corrected chi connectivity index (χ4v) is 1.05. The lowest BCUT2D eigenvalue weighted by atomic mass is 10.3. The molecule has 0 amide bonds. The van der Waals surface area contributed by atoms with E-state index in [1.807, 2.05) is 19.1 Å². The summed E-state index contributed by atoms with van der Waals surface area (Å²) in [5.41, 5.74) is 0. The zero-order chi connectivity index (χ0) is 9.68. The minimum Gasteiger partial charge on any atom is -0.489 e. The lowest BCUT2D eigenvalue weighted by molar-refractivity contribution is 0.360. The number of ether oxygens (including phenoxy) is 1. The van der Waals surface area contributed by atoms with E-state index in [0.717, 1.165) is 0 Å². The van der Waals surface area contributed by atoms with Gasteiger partial charge in [-0.3, -0.25) is 0 Å². The summed E-state index contributed by atoms with van der Waals surface area (Å²) in [5.74, 6) is 0.233. The van der Waals surface area contributed by atoms with Gasteiger partial charge in [-0.1, -0.05) is 12.2 Å². The highest BCUT2D eigenvalue weighted by Crippen LogP contribution is 2.20. The molecule has 0 aliphatic rings. The van der Waals surface area contributed by atoms with E-state index in [-0.39, 0.29) is 5.82 Å². The summed E-state index contributed by atoms with van der Waals surface area (Å²) in [4.78, 5) is 0. The molecule has 1 aromatic carbocycles. The molecule has 0 unspecified atom stereocenters. The third kappa shape index (κ3) is 3.19. The average molecular weight is 245 g/mol. The maximum Gasteiger partial charge on any atom is 0.141 e. The quantitative estimate of drug-likeness (QED) is 0.740. The number of hydrogen-bond acceptors (Lipinski definition) is 1. The highest BCUT2D eigenvalue weighted by atomic mass is 79.9. The van der Waals surface area contributed by atoms with Gasteiger partial charge in [0.25, 0.3) is 0 Å². The molecule has 0 aliphatic heterocycles. The van der Waals surface area contributed by atoms with E-state index in [4.69, 9.17) is 4.74 Å². The molecule has 0 N–H and O–H groups in total. The van der Waals surface area contributed by atoms with Gasteiger partial charge in [0.2, 0.25) is 0 Å². The van der Waals surface area contributed by atoms with Crippen LogP contribution in [0.15, 0.2) is 34.8 Å². The second-order valence-corrected chi connectivity index (χ2v) is 3.31. The molecular formula is C10H10BrFO. The average Bonchev–Trinajstić information content (AvgIpc) is 2.12. The van der Waals surface area contributed by atoms with Crippen LogP contribution in [0.5, 0.6) is 5.75 Å². The third-order valence-corrected chi connectivity index (χ3v) is 2.12. The summed E-state index contributed by atoms with van der Waals surface area (Å²) in [6.07, 6.45) is 3.75. The monoisotopic (exact) mass is 244 g/mol. The van der Waals surface area contributed by atoms with E-state index in [9.17, 15) is 4.39 Å². The van der Waals surface area contributed by atoms with Gasteiger partial charge in [-0.05, 0) is 35.0 Å². The maximum atomic E-state index is 12.9. The van der Waals surface area contributed by atoms with Crippen LogP contribution in [0, 0.1) is 5.82 Å². The van der Waals surface area contributed by atoms with Gasteiger partial charge in [0.15, 0.2) is 0 Å². The van der Waals surface area contributed by atoms with Gasteiger partial charge in [0.1, 0.15) is 18.2 Å². The number of halogens is 2. The fourth-order valence-electron chi connectivity index (χ4n) is 0.807. The van der Waals surface area contributed by atoms with Crippen molar-refractivity contribution in [2.75, 3.05) is 6.61 Å². The van der Waals surface area contributed by atoms with Crippen molar-refractivity contribution in [2.24, 2.45) is 0 Å². The first-order chi connectivity index (χ1) is 6.24. The Morgan fingerprint density at radius 1 is 1.54 bits per heavy atom. The van der Waals surface area contributed by atoms with Crippen molar-refractivity contribution < 1.29 is 9.13 Å². The van der Waals surface area contributed by atoms with Crippen LogP contribution in [0.25, 0.3) is 0 Å². The van der Waals surface area contributed by atoms with E-state index in [1.54, 1.807) is 12.1 Å². The zero-order valence-corrected chi connectivity index (χ0v) is 8.84. The normalized spacial score (nSPS) is 10.7. The molecule has 0 heterocycles. The predicted octanol–water partition coefficient (Wildman–Crippen LogP) is 3.54. The van der Waals surface area contributed by atoms with Crippen molar-refractivity contribution in [1.29, 1.82) is 0 Å². The molecule has 13 heavy (non-hydrogen) atoms. The van der Waals surface area contributed by atoms with E-state index in [1.165, 1.54) is 6.07 Å². The van der Waals surface area contributed by atoms with Crippen molar-refractivity contribution in [3.8, 4) is 5.75 Å². The van der Waals surface area contributed by atoms with Crippen molar-refractivity contribution in [3.05, 3.63) is 40.6 Å². The van der Waals surface area contributed by atoms with Gasteiger partial charge in [-0.2, -0.15) is 0 Å². The van der Waals surface area contributed by atoms with Crippen molar-refractivity contribution in [2.45, 2.75) is 6.92 Å². The van der Waals surface area contributed by atoms with E-state index >= 15 is 0 Å². The molecule has 3 heteroatoms. The van der Waals surface area contributed by atoms with E-state index in [2.05, 4.69) is 15.9 Å². The molecule has 1 aromatic rings. The highest BCUT2D eigenvalue weighted by molar-refractivity contribution is 9.10. The molecule has 0 saturated heterocycles. The maximum absolute atomic E-state index is 12.9. The molecular weight excluding hydrogens is 235 g/mol. The second-order valence-electron chi connectivity index (χ2n) is 2.46. The zero-order valence-electron chi connectivity index (χ0n) is 7.26.